The Kier molecular flexibility index (Phi) is 6.41. The molecule has 0 aromatic heterocycles. The highest BCUT2D eigenvalue weighted by atomic mass is 16.3. The lowest BCUT2D eigenvalue weighted by Crippen LogP contribution is -2.37. The lowest BCUT2D eigenvalue weighted by atomic mass is 10.1. The predicted molar refractivity (Wildman–Crippen MR) is 72.2 cm³/mol. The van der Waals surface area contributed by atoms with Gasteiger partial charge in [0, 0.05) is 25.2 Å². The van der Waals surface area contributed by atoms with Crippen LogP contribution < -0.4 is 5.32 Å². The number of nitrogens with zero attached hydrogens (tertiary/aromatic N) is 2. The molecule has 1 rings (SSSR count). The van der Waals surface area contributed by atoms with Gasteiger partial charge < -0.3 is 20.2 Å². The summed E-state index contributed by atoms with van der Waals surface area (Å²) in [6.45, 7) is 9.04. The second-order valence-electron chi connectivity index (χ2n) is 5.49. The Morgan fingerprint density at radius 2 is 2.12 bits per heavy atom. The molecule has 4 heteroatoms. The van der Waals surface area contributed by atoms with E-state index in [0.717, 1.165) is 25.4 Å². The topological polar surface area (TPSA) is 38.7 Å². The van der Waals surface area contributed by atoms with Gasteiger partial charge in [-0.1, -0.05) is 13.8 Å². The van der Waals surface area contributed by atoms with Crippen LogP contribution in [0.5, 0.6) is 0 Å². The van der Waals surface area contributed by atoms with Crippen LogP contribution in [0.3, 0.4) is 0 Å². The van der Waals surface area contributed by atoms with Crippen molar-refractivity contribution >= 4 is 0 Å². The van der Waals surface area contributed by atoms with Gasteiger partial charge in [0.1, 0.15) is 0 Å². The largest absolute Gasteiger partial charge is 0.395 e. The van der Waals surface area contributed by atoms with Gasteiger partial charge in [0.25, 0.3) is 0 Å². The van der Waals surface area contributed by atoms with Gasteiger partial charge >= 0.3 is 0 Å². The fourth-order valence-electron chi connectivity index (χ4n) is 2.79. The maximum atomic E-state index is 9.23. The van der Waals surface area contributed by atoms with Gasteiger partial charge in [-0.3, -0.25) is 0 Å². The van der Waals surface area contributed by atoms with E-state index in [-0.39, 0.29) is 12.6 Å². The Morgan fingerprint density at radius 1 is 1.41 bits per heavy atom. The summed E-state index contributed by atoms with van der Waals surface area (Å²) in [6.07, 6.45) is 1.04. The molecule has 0 bridgehead atoms. The Labute approximate surface area is 106 Å². The first kappa shape index (κ1) is 14.9. The molecule has 0 saturated carbocycles. The highest BCUT2D eigenvalue weighted by Crippen LogP contribution is 2.20. The van der Waals surface area contributed by atoms with Crippen LogP contribution in [0.1, 0.15) is 20.3 Å². The van der Waals surface area contributed by atoms with Crippen molar-refractivity contribution in [2.45, 2.75) is 32.4 Å². The van der Waals surface area contributed by atoms with Crippen LogP contribution in [0, 0.1) is 5.92 Å². The average molecular weight is 243 g/mol. The molecule has 0 aromatic rings. The van der Waals surface area contributed by atoms with Crippen molar-refractivity contribution in [3.05, 3.63) is 0 Å². The van der Waals surface area contributed by atoms with E-state index in [0.29, 0.717) is 6.04 Å². The molecule has 0 aromatic carbocycles. The number of hydrogen-bond acceptors (Lipinski definition) is 4. The minimum atomic E-state index is 0.244. The number of rotatable bonds is 7. The van der Waals surface area contributed by atoms with Gasteiger partial charge in [-0.15, -0.1) is 0 Å². The van der Waals surface area contributed by atoms with Crippen molar-refractivity contribution in [1.29, 1.82) is 0 Å². The minimum absolute atomic E-state index is 0.244. The fourth-order valence-corrected chi connectivity index (χ4v) is 2.79. The van der Waals surface area contributed by atoms with E-state index >= 15 is 0 Å². The highest BCUT2D eigenvalue weighted by Gasteiger charge is 2.30. The van der Waals surface area contributed by atoms with Crippen LogP contribution >= 0.6 is 0 Å². The zero-order valence-corrected chi connectivity index (χ0v) is 11.8. The third kappa shape index (κ3) is 4.54. The molecule has 0 amide bonds. The molecule has 2 N–H and O–H groups in total. The number of hydrogen-bond donors (Lipinski definition) is 2. The number of aliphatic hydroxyl groups is 1. The fraction of sp³-hybridized carbons (Fsp3) is 1.00. The Hall–Kier alpha value is -0.160. The van der Waals surface area contributed by atoms with E-state index in [1.165, 1.54) is 13.1 Å². The molecule has 1 aliphatic heterocycles. The first-order valence-corrected chi connectivity index (χ1v) is 6.81. The van der Waals surface area contributed by atoms with E-state index in [4.69, 9.17) is 0 Å². The highest BCUT2D eigenvalue weighted by molar-refractivity contribution is 4.86. The molecule has 102 valence electrons. The molecule has 1 heterocycles. The first-order valence-electron chi connectivity index (χ1n) is 6.81. The van der Waals surface area contributed by atoms with Crippen LogP contribution in [-0.2, 0) is 0 Å². The number of nitrogens with one attached hydrogen (secondary N) is 1. The third-order valence-electron chi connectivity index (χ3n) is 3.82. The van der Waals surface area contributed by atoms with E-state index in [2.05, 4.69) is 43.1 Å². The molecule has 3 atom stereocenters. The SMILES string of the molecule is CCNC(CO)CCN1CC(C)C(N(C)C)C1. The van der Waals surface area contributed by atoms with Crippen molar-refractivity contribution in [3.8, 4) is 0 Å². The van der Waals surface area contributed by atoms with Crippen molar-refractivity contribution in [1.82, 2.24) is 15.1 Å². The average Bonchev–Trinajstić information content (AvgIpc) is 2.66. The monoisotopic (exact) mass is 243 g/mol. The summed E-state index contributed by atoms with van der Waals surface area (Å²) < 4.78 is 0. The van der Waals surface area contributed by atoms with E-state index < -0.39 is 0 Å². The summed E-state index contributed by atoms with van der Waals surface area (Å²) in [5, 5.41) is 12.5. The second-order valence-corrected chi connectivity index (χ2v) is 5.49. The molecule has 0 radical (unpaired) electrons. The van der Waals surface area contributed by atoms with Gasteiger partial charge in [-0.2, -0.15) is 0 Å². The van der Waals surface area contributed by atoms with Crippen LogP contribution in [0.25, 0.3) is 0 Å². The molecule has 1 fully saturated rings. The maximum Gasteiger partial charge on any atom is 0.0585 e. The zero-order valence-electron chi connectivity index (χ0n) is 11.8. The van der Waals surface area contributed by atoms with E-state index in [9.17, 15) is 5.11 Å². The number of likely N-dealkylation sites (tertiary alicyclic amines) is 1. The van der Waals surface area contributed by atoms with Gasteiger partial charge in [0.15, 0.2) is 0 Å². The standard InChI is InChI=1S/C13H29N3O/c1-5-14-12(10-17)6-7-16-8-11(2)13(9-16)15(3)4/h11-14,17H,5-10H2,1-4H3. The van der Waals surface area contributed by atoms with Crippen molar-refractivity contribution < 1.29 is 5.11 Å². The third-order valence-corrected chi connectivity index (χ3v) is 3.82. The summed E-state index contributed by atoms with van der Waals surface area (Å²) in [4.78, 5) is 4.85. The maximum absolute atomic E-state index is 9.23. The lowest BCUT2D eigenvalue weighted by Gasteiger charge is -2.23. The summed E-state index contributed by atoms with van der Waals surface area (Å²) in [5.41, 5.74) is 0. The molecule has 17 heavy (non-hydrogen) atoms. The van der Waals surface area contributed by atoms with Crippen LogP contribution in [-0.4, -0.2) is 73.9 Å². The molecular formula is C13H29N3O. The Morgan fingerprint density at radius 3 is 2.59 bits per heavy atom. The Balaban J connectivity index is 2.29. The van der Waals surface area contributed by atoms with Gasteiger partial charge in [-0.05, 0) is 39.5 Å². The molecule has 0 aliphatic carbocycles. The molecule has 1 aliphatic rings. The normalized spacial score (nSPS) is 27.9. The summed E-state index contributed by atoms with van der Waals surface area (Å²) in [5.74, 6) is 0.747. The molecule has 4 nitrogen and oxygen atoms in total. The van der Waals surface area contributed by atoms with Crippen LogP contribution in [0.15, 0.2) is 0 Å². The van der Waals surface area contributed by atoms with E-state index in [1.54, 1.807) is 0 Å². The van der Waals surface area contributed by atoms with Crippen molar-refractivity contribution in [3.63, 3.8) is 0 Å². The van der Waals surface area contributed by atoms with Gasteiger partial charge in [0.05, 0.1) is 6.61 Å². The summed E-state index contributed by atoms with van der Waals surface area (Å²) in [7, 11) is 4.33. The first-order chi connectivity index (χ1) is 8.08. The molecule has 0 spiro atoms. The molecule has 1 saturated heterocycles. The van der Waals surface area contributed by atoms with Crippen LogP contribution in [0.2, 0.25) is 0 Å². The number of aliphatic hydroxyl groups excluding tert-OH is 1. The smallest absolute Gasteiger partial charge is 0.0585 e. The zero-order chi connectivity index (χ0) is 12.8. The summed E-state index contributed by atoms with van der Waals surface area (Å²) in [6, 6.07) is 0.940. The van der Waals surface area contributed by atoms with Gasteiger partial charge in [0.2, 0.25) is 0 Å². The molecular weight excluding hydrogens is 214 g/mol. The quantitative estimate of drug-likeness (QED) is 0.671. The second kappa shape index (κ2) is 7.31. The minimum Gasteiger partial charge on any atom is -0.395 e. The van der Waals surface area contributed by atoms with E-state index in [1.807, 2.05) is 0 Å². The predicted octanol–water partition coefficient (Wildman–Crippen LogP) is 0.229. The Bertz CT molecular complexity index is 211. The van der Waals surface area contributed by atoms with Gasteiger partial charge in [-0.25, -0.2) is 0 Å². The molecule has 3 unspecified atom stereocenters. The number of likely N-dealkylation sites (N-methyl/N-ethyl adjacent to an activating group) is 2. The summed E-state index contributed by atoms with van der Waals surface area (Å²) >= 11 is 0. The van der Waals surface area contributed by atoms with Crippen molar-refractivity contribution in [2.24, 2.45) is 5.92 Å². The van der Waals surface area contributed by atoms with Crippen LogP contribution in [0.4, 0.5) is 0 Å². The lowest BCUT2D eigenvalue weighted by molar-refractivity contribution is 0.212. The van der Waals surface area contributed by atoms with Crippen molar-refractivity contribution in [2.75, 3.05) is 46.9 Å².